The lowest BCUT2D eigenvalue weighted by Gasteiger charge is -2.36. The van der Waals surface area contributed by atoms with Gasteiger partial charge in [-0.1, -0.05) is 32.9 Å². The van der Waals surface area contributed by atoms with Crippen molar-refractivity contribution >= 4 is 52.4 Å². The van der Waals surface area contributed by atoms with Gasteiger partial charge in [-0.3, -0.25) is 24.1 Å². The fourth-order valence-corrected chi connectivity index (χ4v) is 9.51. The quantitative estimate of drug-likeness (QED) is 0.0623. The Hall–Kier alpha value is -6.97. The SMILES string of the molecule is CC[C@]1(O)C(=O)OCc2c1cc1n(c2=O)Cc2c-1nc1cc(F)c(C)c3c1c2[C@H](NC(=O)C1COCCN1C(=O)OCc1ccc(NC(=O)[C@H](CCCNC(N)=O)NC(=O)[C@@H](N)C(C)C)cc1)CC3. The van der Waals surface area contributed by atoms with Gasteiger partial charge in [0.1, 0.15) is 31.1 Å². The number of cyclic esters (lactones) is 1. The molecule has 4 aliphatic rings. The largest absolute Gasteiger partial charge is 0.458 e. The van der Waals surface area contributed by atoms with Gasteiger partial charge in [-0.25, -0.2) is 23.8 Å². The van der Waals surface area contributed by atoms with Gasteiger partial charge in [0.25, 0.3) is 5.56 Å². The van der Waals surface area contributed by atoms with Crippen molar-refractivity contribution in [2.24, 2.45) is 17.4 Å². The molecule has 0 spiro atoms. The Balaban J connectivity index is 0.971. The summed E-state index contributed by atoms with van der Waals surface area (Å²) in [5, 5.41) is 23.1. The topological polar surface area (TPSA) is 289 Å². The number of urea groups is 1. The van der Waals surface area contributed by atoms with E-state index >= 15 is 4.39 Å². The van der Waals surface area contributed by atoms with E-state index < -0.39 is 77.0 Å². The lowest BCUT2D eigenvalue weighted by atomic mass is 9.81. The number of hydrogen-bond acceptors (Lipinski definition) is 13. The summed E-state index contributed by atoms with van der Waals surface area (Å²) in [6, 6.07) is 5.15. The van der Waals surface area contributed by atoms with Crippen LogP contribution >= 0.6 is 0 Å². The number of fused-ring (bicyclic) bond motifs is 5. The fourth-order valence-electron chi connectivity index (χ4n) is 9.51. The zero-order valence-electron chi connectivity index (χ0n) is 38.7. The summed E-state index contributed by atoms with van der Waals surface area (Å²) in [5.41, 5.74) is 13.4. The predicted octanol–water partition coefficient (Wildman–Crippen LogP) is 2.52. The van der Waals surface area contributed by atoms with Crippen molar-refractivity contribution < 1.29 is 52.5 Å². The maximum atomic E-state index is 15.5. The van der Waals surface area contributed by atoms with Gasteiger partial charge in [-0.15, -0.1) is 0 Å². The van der Waals surface area contributed by atoms with Crippen LogP contribution in [0.2, 0.25) is 0 Å². The number of esters is 1. The van der Waals surface area contributed by atoms with Gasteiger partial charge < -0.3 is 56.6 Å². The smallest absolute Gasteiger partial charge is 0.410 e. The monoisotopic (exact) mass is 953 g/mol. The first-order chi connectivity index (χ1) is 32.9. The maximum Gasteiger partial charge on any atom is 0.410 e. The number of anilines is 1. The molecule has 1 unspecified atom stereocenters. The van der Waals surface area contributed by atoms with Crippen LogP contribution in [-0.2, 0) is 65.2 Å². The minimum absolute atomic E-state index is 0.0426. The number of aromatic nitrogens is 2. The van der Waals surface area contributed by atoms with Crippen LogP contribution < -0.4 is 38.3 Å². The van der Waals surface area contributed by atoms with Crippen molar-refractivity contribution in [3.8, 4) is 11.4 Å². The highest BCUT2D eigenvalue weighted by molar-refractivity contribution is 5.98. The van der Waals surface area contributed by atoms with Gasteiger partial charge in [0.15, 0.2) is 5.60 Å². The molecular formula is C48H56FN9O11. The summed E-state index contributed by atoms with van der Waals surface area (Å²) < 4.78 is 33.6. The number of hydrogen-bond donors (Lipinski definition) is 7. The van der Waals surface area contributed by atoms with Crippen LogP contribution in [0.4, 0.5) is 19.7 Å². The molecule has 6 amide bonds. The number of pyridine rings is 2. The average Bonchev–Trinajstić information content (AvgIpc) is 3.70. The van der Waals surface area contributed by atoms with E-state index in [0.717, 1.165) is 5.56 Å². The number of nitrogens with one attached hydrogen (secondary N) is 4. The summed E-state index contributed by atoms with van der Waals surface area (Å²) in [4.78, 5) is 98.3. The Labute approximate surface area is 395 Å². The third-order valence-corrected chi connectivity index (χ3v) is 13.6. The molecule has 0 bridgehead atoms. The number of aliphatic hydroxyl groups is 1. The van der Waals surface area contributed by atoms with Crippen molar-refractivity contribution in [3.05, 3.63) is 91.5 Å². The fraction of sp³-hybridized carbons (Fsp3) is 0.458. The molecule has 2 aromatic carbocycles. The number of morpholine rings is 1. The Morgan fingerprint density at radius 1 is 1.07 bits per heavy atom. The molecule has 21 heteroatoms. The summed E-state index contributed by atoms with van der Waals surface area (Å²) in [6.45, 7) is 6.73. The predicted molar refractivity (Wildman–Crippen MR) is 247 cm³/mol. The Morgan fingerprint density at radius 3 is 2.54 bits per heavy atom. The minimum Gasteiger partial charge on any atom is -0.458 e. The number of primary amides is 1. The first-order valence-corrected chi connectivity index (χ1v) is 23.0. The number of carbonyl (C=O) groups excluding carboxylic acids is 6. The lowest BCUT2D eigenvalue weighted by molar-refractivity contribution is -0.172. The second kappa shape index (κ2) is 19.6. The van der Waals surface area contributed by atoms with E-state index in [0.29, 0.717) is 69.5 Å². The molecule has 3 aliphatic heterocycles. The van der Waals surface area contributed by atoms with E-state index in [1.54, 1.807) is 58.0 Å². The van der Waals surface area contributed by atoms with Crippen molar-refractivity contribution in [1.82, 2.24) is 30.4 Å². The van der Waals surface area contributed by atoms with Gasteiger partial charge in [-0.05, 0) is 85.4 Å². The first kappa shape index (κ1) is 48.5. The number of ether oxygens (including phenoxy) is 3. The van der Waals surface area contributed by atoms with Gasteiger partial charge in [-0.2, -0.15) is 0 Å². The number of nitrogens with zero attached hydrogens (tertiary/aromatic N) is 3. The molecule has 1 fully saturated rings. The summed E-state index contributed by atoms with van der Waals surface area (Å²) in [5.74, 6) is -3.01. The highest BCUT2D eigenvalue weighted by Gasteiger charge is 2.46. The van der Waals surface area contributed by atoms with Crippen molar-refractivity contribution in [2.45, 2.75) is 109 Å². The molecule has 5 heterocycles. The van der Waals surface area contributed by atoms with Crippen LogP contribution in [-0.4, -0.2) is 99.8 Å². The molecule has 1 aliphatic carbocycles. The standard InChI is InChI=1S/C48H56FN9O11/c1-5-48(66)30-17-35-40-28(19-58(35)44(62)29(30)21-68-45(48)63)38-32(13-12-27-24(4)31(49)18-34(54-40)37(27)38)55-42(60)36-22-67-16-15-57(36)47(65)69-20-25-8-10-26(11-9-25)53-41(59)33(7-6-14-52-46(51)64)56-43(61)39(50)23(2)3/h8-11,17-18,23,32-33,36,39,66H,5-7,12-16,19-22,50H2,1-4H3,(H,53,59)(H,55,60)(H,56,61)(H3,51,52,64)/t32-,33+,36?,39+,48-/m1/s1. The molecule has 2 aromatic heterocycles. The van der Waals surface area contributed by atoms with Crippen molar-refractivity contribution in [3.63, 3.8) is 0 Å². The molecule has 366 valence electrons. The third kappa shape index (κ3) is 9.32. The zero-order valence-corrected chi connectivity index (χ0v) is 38.7. The van der Waals surface area contributed by atoms with Crippen molar-refractivity contribution in [1.29, 1.82) is 0 Å². The van der Waals surface area contributed by atoms with Crippen molar-refractivity contribution in [2.75, 3.05) is 31.6 Å². The first-order valence-electron chi connectivity index (χ1n) is 23.0. The Bertz CT molecular complexity index is 2820. The molecule has 69 heavy (non-hydrogen) atoms. The molecule has 9 N–H and O–H groups in total. The van der Waals surface area contributed by atoms with E-state index in [2.05, 4.69) is 21.3 Å². The van der Waals surface area contributed by atoms with Crippen LogP contribution in [0, 0.1) is 18.7 Å². The second-order valence-corrected chi connectivity index (χ2v) is 18.2. The van der Waals surface area contributed by atoms with Crippen LogP contribution in [0.5, 0.6) is 0 Å². The number of halogens is 1. The molecular weight excluding hydrogens is 898 g/mol. The average molecular weight is 954 g/mol. The minimum atomic E-state index is -2.05. The van der Waals surface area contributed by atoms with Crippen LogP contribution in [0.3, 0.4) is 0 Å². The van der Waals surface area contributed by atoms with E-state index in [-0.39, 0.29) is 75.9 Å². The second-order valence-electron chi connectivity index (χ2n) is 18.2. The molecule has 0 radical (unpaired) electrons. The zero-order chi connectivity index (χ0) is 49.5. The normalized spacial score (nSPS) is 19.9. The lowest BCUT2D eigenvalue weighted by Crippen LogP contribution is -2.56. The number of nitrogens with two attached hydrogens (primary N) is 2. The van der Waals surface area contributed by atoms with Gasteiger partial charge in [0.05, 0.1) is 54.3 Å². The van der Waals surface area contributed by atoms with Crippen LogP contribution in [0.25, 0.3) is 22.3 Å². The Morgan fingerprint density at radius 2 is 1.83 bits per heavy atom. The van der Waals surface area contributed by atoms with Gasteiger partial charge >= 0.3 is 18.1 Å². The number of amides is 6. The number of benzene rings is 2. The number of aryl methyl sites for hydroxylation is 1. The third-order valence-electron chi connectivity index (χ3n) is 13.6. The molecule has 0 saturated carbocycles. The molecule has 20 nitrogen and oxygen atoms in total. The van der Waals surface area contributed by atoms with E-state index in [4.69, 9.17) is 30.7 Å². The summed E-state index contributed by atoms with van der Waals surface area (Å²) in [7, 11) is 0. The molecule has 5 atom stereocenters. The molecule has 4 aromatic rings. The summed E-state index contributed by atoms with van der Waals surface area (Å²) in [6.07, 6.45) is 0.487. The maximum absolute atomic E-state index is 15.5. The molecule has 1 saturated heterocycles. The van der Waals surface area contributed by atoms with Gasteiger partial charge in [0.2, 0.25) is 17.7 Å². The number of carbonyl (C=O) groups is 6. The van der Waals surface area contributed by atoms with E-state index in [1.165, 1.54) is 15.5 Å². The summed E-state index contributed by atoms with van der Waals surface area (Å²) >= 11 is 0. The number of rotatable bonds is 14. The van der Waals surface area contributed by atoms with E-state index in [9.17, 15) is 38.7 Å². The van der Waals surface area contributed by atoms with Crippen LogP contribution in [0.15, 0.2) is 41.2 Å². The molecule has 8 rings (SSSR count). The van der Waals surface area contributed by atoms with E-state index in [1.807, 2.05) is 0 Å². The highest BCUT2D eigenvalue weighted by atomic mass is 19.1. The highest BCUT2D eigenvalue weighted by Crippen LogP contribution is 2.46. The van der Waals surface area contributed by atoms with Gasteiger partial charge in [0, 0.05) is 41.4 Å². The Kier molecular flexibility index (Phi) is 13.7. The van der Waals surface area contributed by atoms with Crippen LogP contribution in [0.1, 0.15) is 91.4 Å².